The Labute approximate surface area is 448 Å². The van der Waals surface area contributed by atoms with Crippen LogP contribution < -0.4 is 0 Å². The van der Waals surface area contributed by atoms with Gasteiger partial charge in [0.2, 0.25) is 0 Å². The van der Waals surface area contributed by atoms with E-state index in [0.29, 0.717) is 19.3 Å². The highest BCUT2D eigenvalue weighted by molar-refractivity contribution is 7.47. The summed E-state index contributed by atoms with van der Waals surface area (Å²) in [5.74, 6) is -1.35. The van der Waals surface area contributed by atoms with E-state index in [1.54, 1.807) is 0 Å². The van der Waals surface area contributed by atoms with Crippen molar-refractivity contribution in [2.24, 2.45) is 0 Å². The van der Waals surface area contributed by atoms with Crippen LogP contribution in [-0.2, 0) is 51.6 Å². The number of aliphatic hydroxyl groups is 11. The topological polar surface area (TPSA) is 368 Å². The molecule has 0 radical (unpaired) electrons. The lowest BCUT2D eigenvalue weighted by atomic mass is 9.84. The van der Waals surface area contributed by atoms with E-state index < -0.39 is 150 Å². The molecule has 1 saturated carbocycles. The van der Waals surface area contributed by atoms with Crippen molar-refractivity contribution >= 4 is 19.8 Å². The van der Waals surface area contributed by atoms with Gasteiger partial charge >= 0.3 is 19.8 Å². The van der Waals surface area contributed by atoms with E-state index in [9.17, 15) is 75.2 Å². The van der Waals surface area contributed by atoms with Crippen LogP contribution in [0.2, 0.25) is 0 Å². The van der Waals surface area contributed by atoms with Gasteiger partial charge in [0, 0.05) is 12.8 Å². The average molecular weight is 1120 g/mol. The number of phosphoric ester groups is 1. The molecule has 0 aromatic heterocycles. The fourth-order valence-electron chi connectivity index (χ4n) is 9.35. The molecule has 2 saturated heterocycles. The van der Waals surface area contributed by atoms with E-state index in [1.807, 2.05) is 0 Å². The Hall–Kier alpha value is -1.81. The smallest absolute Gasteiger partial charge is 0.462 e. The first-order chi connectivity index (χ1) is 36.4. The number of carbonyl (C=O) groups is 2. The third-order valence-electron chi connectivity index (χ3n) is 14.1. The molecule has 24 heteroatoms. The molecule has 76 heavy (non-hydrogen) atoms. The zero-order valence-electron chi connectivity index (χ0n) is 44.8. The van der Waals surface area contributed by atoms with Crippen molar-refractivity contribution < 1.29 is 113 Å². The van der Waals surface area contributed by atoms with Crippen molar-refractivity contribution in [3.63, 3.8) is 0 Å². The Morgan fingerprint density at radius 1 is 0.487 bits per heavy atom. The molecular formula is C52H95O23P. The molecule has 12 N–H and O–H groups in total. The first-order valence-corrected chi connectivity index (χ1v) is 29.5. The zero-order valence-corrected chi connectivity index (χ0v) is 45.7. The maximum atomic E-state index is 14.0. The van der Waals surface area contributed by atoms with Gasteiger partial charge in [-0.25, -0.2) is 4.57 Å². The molecule has 0 bridgehead atoms. The minimum absolute atomic E-state index is 0.0493. The quantitative estimate of drug-likeness (QED) is 0.0182. The average Bonchev–Trinajstić information content (AvgIpc) is 3.40. The standard InChI is InChI=1S/C52H95O23P/c1-3-5-7-9-11-13-15-16-17-19-21-23-25-27-29-38(56)70-34(32-68-37(55)28-26-24-22-20-18-14-12-10-8-6-4-2)33-69-76(66,67)75-50-48(73-51-46(64)41(59)39(57)35(30-53)71-51)44(62)43(61)45(63)49(50)74-52-47(65)42(60)40(58)36(31-54)72-52/h17,19,34-36,39-54,57-65H,3-16,18,20-33H2,1-2H3,(H,66,67)/b19-17-. The molecule has 16 atom stereocenters. The molecule has 0 amide bonds. The van der Waals surface area contributed by atoms with Gasteiger partial charge in [0.15, 0.2) is 18.7 Å². The van der Waals surface area contributed by atoms with Gasteiger partial charge in [-0.15, -0.1) is 0 Å². The predicted molar refractivity (Wildman–Crippen MR) is 273 cm³/mol. The van der Waals surface area contributed by atoms with E-state index in [-0.39, 0.29) is 12.8 Å². The molecule has 0 aromatic rings. The van der Waals surface area contributed by atoms with Crippen LogP contribution in [0.25, 0.3) is 0 Å². The van der Waals surface area contributed by atoms with Gasteiger partial charge in [0.25, 0.3) is 0 Å². The Bertz CT molecular complexity index is 1570. The SMILES string of the molecule is CCCCCCCCC/C=C\CCCCCC(=O)OC(COC(=O)CCCCCCCCCCCCC)COP(=O)(O)OC1C(OC2OC(CO)C(O)C(O)C2O)C(O)C(O)C(O)C1OC1OC(CO)C(O)C(O)C1O. The van der Waals surface area contributed by atoms with Crippen LogP contribution in [0, 0.1) is 0 Å². The van der Waals surface area contributed by atoms with E-state index >= 15 is 0 Å². The molecule has 23 nitrogen and oxygen atoms in total. The largest absolute Gasteiger partial charge is 0.472 e. The highest BCUT2D eigenvalue weighted by atomic mass is 31.2. The molecule has 1 aliphatic carbocycles. The third-order valence-corrected chi connectivity index (χ3v) is 15.1. The van der Waals surface area contributed by atoms with Gasteiger partial charge in [0.1, 0.15) is 92.1 Å². The third kappa shape index (κ3) is 24.1. The summed E-state index contributed by atoms with van der Waals surface area (Å²) in [6.07, 6.45) is -6.34. The van der Waals surface area contributed by atoms with Crippen LogP contribution in [-0.4, -0.2) is 204 Å². The van der Waals surface area contributed by atoms with Crippen LogP contribution in [0.3, 0.4) is 0 Å². The second kappa shape index (κ2) is 38.0. The number of hydrogen-bond acceptors (Lipinski definition) is 22. The van der Waals surface area contributed by atoms with Crippen LogP contribution in [0.5, 0.6) is 0 Å². The molecule has 446 valence electrons. The Morgan fingerprint density at radius 2 is 0.868 bits per heavy atom. The summed E-state index contributed by atoms with van der Waals surface area (Å²) in [7, 11) is -5.63. The van der Waals surface area contributed by atoms with Crippen LogP contribution in [0.4, 0.5) is 0 Å². The predicted octanol–water partition coefficient (Wildman–Crippen LogP) is 2.76. The van der Waals surface area contributed by atoms with Gasteiger partial charge in [0.05, 0.1) is 19.8 Å². The molecule has 3 aliphatic rings. The Balaban J connectivity index is 1.74. The summed E-state index contributed by atoms with van der Waals surface area (Å²) in [4.78, 5) is 37.3. The fraction of sp³-hybridized carbons (Fsp3) is 0.923. The fourth-order valence-corrected chi connectivity index (χ4v) is 10.3. The Kier molecular flexibility index (Phi) is 34.2. The highest BCUT2D eigenvalue weighted by Gasteiger charge is 2.58. The molecule has 16 unspecified atom stereocenters. The summed E-state index contributed by atoms with van der Waals surface area (Å²) >= 11 is 0. The second-order valence-corrected chi connectivity index (χ2v) is 21.9. The highest BCUT2D eigenvalue weighted by Crippen LogP contribution is 2.49. The van der Waals surface area contributed by atoms with Gasteiger partial charge < -0.3 is 89.5 Å². The van der Waals surface area contributed by atoms with E-state index in [4.69, 9.17) is 37.5 Å². The lowest BCUT2D eigenvalue weighted by Crippen LogP contribution is -2.69. The van der Waals surface area contributed by atoms with Gasteiger partial charge in [-0.1, -0.05) is 135 Å². The van der Waals surface area contributed by atoms with Crippen LogP contribution in [0.15, 0.2) is 12.2 Å². The van der Waals surface area contributed by atoms with E-state index in [1.165, 1.54) is 70.6 Å². The lowest BCUT2D eigenvalue weighted by molar-refractivity contribution is -0.360. The number of aliphatic hydroxyl groups excluding tert-OH is 11. The van der Waals surface area contributed by atoms with Crippen molar-refractivity contribution in [1.82, 2.24) is 0 Å². The molecule has 2 heterocycles. The van der Waals surface area contributed by atoms with E-state index in [2.05, 4.69) is 26.0 Å². The minimum Gasteiger partial charge on any atom is -0.462 e. The van der Waals surface area contributed by atoms with Crippen molar-refractivity contribution in [1.29, 1.82) is 0 Å². The van der Waals surface area contributed by atoms with Crippen LogP contribution in [0.1, 0.15) is 174 Å². The van der Waals surface area contributed by atoms with Crippen molar-refractivity contribution in [2.75, 3.05) is 26.4 Å². The number of hydrogen-bond donors (Lipinski definition) is 12. The number of ether oxygens (including phenoxy) is 6. The molecule has 3 rings (SSSR count). The monoisotopic (exact) mass is 1120 g/mol. The summed E-state index contributed by atoms with van der Waals surface area (Å²) in [5, 5.41) is 116. The molecule has 0 spiro atoms. The first kappa shape index (κ1) is 68.5. The van der Waals surface area contributed by atoms with Gasteiger partial charge in [-0.2, -0.15) is 0 Å². The first-order valence-electron chi connectivity index (χ1n) is 28.0. The van der Waals surface area contributed by atoms with Gasteiger partial charge in [-0.05, 0) is 38.5 Å². The summed E-state index contributed by atoms with van der Waals surface area (Å²) < 4.78 is 57.9. The number of allylic oxidation sites excluding steroid dienone is 2. The molecule has 3 fully saturated rings. The molecule has 2 aliphatic heterocycles. The Morgan fingerprint density at radius 3 is 1.30 bits per heavy atom. The van der Waals surface area contributed by atoms with Gasteiger partial charge in [-0.3, -0.25) is 18.6 Å². The summed E-state index contributed by atoms with van der Waals surface area (Å²) in [6.45, 7) is 0.960. The number of esters is 2. The maximum Gasteiger partial charge on any atom is 0.472 e. The number of rotatable bonds is 40. The van der Waals surface area contributed by atoms with Crippen molar-refractivity contribution in [2.45, 2.75) is 279 Å². The minimum atomic E-state index is -5.63. The number of unbranched alkanes of at least 4 members (excludes halogenated alkanes) is 20. The van der Waals surface area contributed by atoms with Crippen LogP contribution >= 0.6 is 7.82 Å². The maximum absolute atomic E-state index is 14.0. The molecular weight excluding hydrogens is 1020 g/mol. The zero-order chi connectivity index (χ0) is 56.0. The summed E-state index contributed by atoms with van der Waals surface area (Å²) in [5.41, 5.74) is 0. The molecule has 0 aromatic carbocycles. The normalized spacial score (nSPS) is 32.3. The van der Waals surface area contributed by atoms with Crippen molar-refractivity contribution in [3.05, 3.63) is 12.2 Å². The number of carbonyl (C=O) groups excluding carboxylic acids is 2. The summed E-state index contributed by atoms with van der Waals surface area (Å²) in [6, 6.07) is 0. The van der Waals surface area contributed by atoms with Crippen molar-refractivity contribution in [3.8, 4) is 0 Å². The van der Waals surface area contributed by atoms with E-state index in [0.717, 1.165) is 57.8 Å². The second-order valence-electron chi connectivity index (χ2n) is 20.5. The lowest BCUT2D eigenvalue weighted by Gasteiger charge is -2.49. The number of phosphoric acid groups is 1.